The lowest BCUT2D eigenvalue weighted by Gasteiger charge is -2.09. The molecule has 0 fully saturated rings. The van der Waals surface area contributed by atoms with Crippen LogP contribution in [0.15, 0.2) is 33.7 Å². The molecule has 0 radical (unpaired) electrons. The maximum Gasteiger partial charge on any atom is 0.226 e. The van der Waals surface area contributed by atoms with E-state index >= 15 is 0 Å². The molecule has 0 saturated carbocycles. The molecule has 3 N–H and O–H groups in total. The lowest BCUT2D eigenvalue weighted by Crippen LogP contribution is -2.37. The Kier molecular flexibility index (Phi) is 7.72. The minimum Gasteiger partial charge on any atom is -0.357 e. The van der Waals surface area contributed by atoms with Crippen molar-refractivity contribution in [2.24, 2.45) is 4.99 Å². The molecular formula is C14H21BrN4O. The summed E-state index contributed by atoms with van der Waals surface area (Å²) in [4.78, 5) is 16.1. The summed E-state index contributed by atoms with van der Waals surface area (Å²) in [6.07, 6.45) is 0.357. The quantitative estimate of drug-likeness (QED) is 0.550. The summed E-state index contributed by atoms with van der Waals surface area (Å²) >= 11 is 3.35. The van der Waals surface area contributed by atoms with E-state index in [4.69, 9.17) is 0 Å². The van der Waals surface area contributed by atoms with Gasteiger partial charge in [-0.3, -0.25) is 9.79 Å². The number of rotatable bonds is 6. The molecule has 0 heterocycles. The van der Waals surface area contributed by atoms with Crippen LogP contribution in [0.5, 0.6) is 0 Å². The van der Waals surface area contributed by atoms with E-state index in [2.05, 4.69) is 36.9 Å². The topological polar surface area (TPSA) is 65.5 Å². The Morgan fingerprint density at radius 1 is 1.15 bits per heavy atom. The number of hydrogen-bond acceptors (Lipinski definition) is 2. The number of nitrogens with one attached hydrogen (secondary N) is 3. The number of nitrogens with zero attached hydrogens (tertiary/aromatic N) is 1. The molecule has 6 heteroatoms. The molecule has 0 saturated heterocycles. The van der Waals surface area contributed by atoms with Crippen LogP contribution in [0, 0.1) is 0 Å². The Morgan fingerprint density at radius 3 is 2.30 bits per heavy atom. The number of carbonyl (C=O) groups is 1. The molecule has 0 aliphatic carbocycles. The van der Waals surface area contributed by atoms with Gasteiger partial charge in [-0.2, -0.15) is 0 Å². The van der Waals surface area contributed by atoms with Crippen LogP contribution in [0.3, 0.4) is 0 Å². The van der Waals surface area contributed by atoms with Gasteiger partial charge in [-0.15, -0.1) is 0 Å². The Labute approximate surface area is 128 Å². The summed E-state index contributed by atoms with van der Waals surface area (Å²) in [5.41, 5.74) is 0.792. The van der Waals surface area contributed by atoms with Crippen LogP contribution in [0.4, 0.5) is 5.69 Å². The predicted molar refractivity (Wildman–Crippen MR) is 87.0 cm³/mol. The Balaban J connectivity index is 2.38. The number of anilines is 1. The SMILES string of the molecule is CCNC(=NCCC(=O)Nc1ccc(Br)cc1)NCC. The molecule has 0 unspecified atom stereocenters. The summed E-state index contributed by atoms with van der Waals surface area (Å²) < 4.78 is 0.987. The van der Waals surface area contributed by atoms with Gasteiger partial charge in [0.2, 0.25) is 5.91 Å². The molecule has 0 atom stereocenters. The van der Waals surface area contributed by atoms with Crippen molar-refractivity contribution >= 4 is 33.5 Å². The van der Waals surface area contributed by atoms with E-state index in [-0.39, 0.29) is 5.91 Å². The fourth-order valence-corrected chi connectivity index (χ4v) is 1.80. The minimum atomic E-state index is -0.0385. The Hall–Kier alpha value is -1.56. The number of aliphatic imine (C=N–C) groups is 1. The van der Waals surface area contributed by atoms with Gasteiger partial charge in [0, 0.05) is 29.7 Å². The lowest BCUT2D eigenvalue weighted by molar-refractivity contribution is -0.116. The van der Waals surface area contributed by atoms with E-state index in [0.29, 0.717) is 13.0 Å². The van der Waals surface area contributed by atoms with Crippen LogP contribution < -0.4 is 16.0 Å². The number of carbonyl (C=O) groups excluding carboxylic acids is 1. The van der Waals surface area contributed by atoms with Crippen LogP contribution in [0.2, 0.25) is 0 Å². The highest BCUT2D eigenvalue weighted by atomic mass is 79.9. The Morgan fingerprint density at radius 2 is 1.75 bits per heavy atom. The number of amides is 1. The van der Waals surface area contributed by atoms with Gasteiger partial charge in [-0.05, 0) is 38.1 Å². The van der Waals surface area contributed by atoms with E-state index in [0.717, 1.165) is 29.2 Å². The summed E-state index contributed by atoms with van der Waals surface area (Å²) in [6, 6.07) is 7.49. The smallest absolute Gasteiger partial charge is 0.226 e. The second-order valence-electron chi connectivity index (χ2n) is 4.10. The predicted octanol–water partition coefficient (Wildman–Crippen LogP) is 2.35. The fraction of sp³-hybridized carbons (Fsp3) is 0.429. The average Bonchev–Trinajstić information content (AvgIpc) is 2.42. The van der Waals surface area contributed by atoms with Gasteiger partial charge >= 0.3 is 0 Å². The van der Waals surface area contributed by atoms with E-state index in [1.54, 1.807) is 0 Å². The first kappa shape index (κ1) is 16.5. The van der Waals surface area contributed by atoms with Gasteiger partial charge in [-0.1, -0.05) is 15.9 Å². The molecule has 0 aliphatic rings. The van der Waals surface area contributed by atoms with Crippen molar-refractivity contribution < 1.29 is 4.79 Å². The Bertz CT molecular complexity index is 437. The van der Waals surface area contributed by atoms with Gasteiger partial charge in [0.1, 0.15) is 0 Å². The van der Waals surface area contributed by atoms with Gasteiger partial charge in [0.15, 0.2) is 5.96 Å². The molecule has 5 nitrogen and oxygen atoms in total. The van der Waals surface area contributed by atoms with Crippen LogP contribution in [-0.4, -0.2) is 31.5 Å². The molecule has 1 aromatic carbocycles. The van der Waals surface area contributed by atoms with Crippen molar-refractivity contribution in [2.45, 2.75) is 20.3 Å². The largest absolute Gasteiger partial charge is 0.357 e. The number of benzene rings is 1. The van der Waals surface area contributed by atoms with Crippen molar-refractivity contribution in [2.75, 3.05) is 25.0 Å². The highest BCUT2D eigenvalue weighted by Crippen LogP contribution is 2.14. The fourth-order valence-electron chi connectivity index (χ4n) is 1.54. The zero-order valence-electron chi connectivity index (χ0n) is 11.9. The van der Waals surface area contributed by atoms with Crippen LogP contribution in [0.1, 0.15) is 20.3 Å². The second kappa shape index (κ2) is 9.36. The zero-order chi connectivity index (χ0) is 14.8. The van der Waals surface area contributed by atoms with Crippen molar-refractivity contribution in [3.05, 3.63) is 28.7 Å². The summed E-state index contributed by atoms with van der Waals surface area (Å²) in [5.74, 6) is 0.704. The third-order valence-corrected chi connectivity index (χ3v) is 2.95. The van der Waals surface area contributed by atoms with Crippen LogP contribution in [-0.2, 0) is 4.79 Å². The van der Waals surface area contributed by atoms with E-state index in [9.17, 15) is 4.79 Å². The summed E-state index contributed by atoms with van der Waals surface area (Å²) in [6.45, 7) is 6.08. The second-order valence-corrected chi connectivity index (χ2v) is 5.01. The van der Waals surface area contributed by atoms with Crippen molar-refractivity contribution in [3.8, 4) is 0 Å². The first-order valence-corrected chi connectivity index (χ1v) is 7.52. The zero-order valence-corrected chi connectivity index (χ0v) is 13.5. The molecule has 0 spiro atoms. The van der Waals surface area contributed by atoms with E-state index in [1.807, 2.05) is 38.1 Å². The van der Waals surface area contributed by atoms with Crippen LogP contribution in [0.25, 0.3) is 0 Å². The van der Waals surface area contributed by atoms with Gasteiger partial charge in [0.25, 0.3) is 0 Å². The monoisotopic (exact) mass is 340 g/mol. The first-order valence-electron chi connectivity index (χ1n) is 6.73. The van der Waals surface area contributed by atoms with Crippen molar-refractivity contribution in [1.82, 2.24) is 10.6 Å². The maximum atomic E-state index is 11.8. The first-order chi connectivity index (χ1) is 9.65. The minimum absolute atomic E-state index is 0.0385. The molecule has 1 amide bonds. The third kappa shape index (κ3) is 6.56. The molecular weight excluding hydrogens is 320 g/mol. The normalized spacial score (nSPS) is 9.75. The number of guanidine groups is 1. The summed E-state index contributed by atoms with van der Waals surface area (Å²) in [7, 11) is 0. The molecule has 0 bridgehead atoms. The van der Waals surface area contributed by atoms with E-state index in [1.165, 1.54) is 0 Å². The molecule has 110 valence electrons. The van der Waals surface area contributed by atoms with Crippen molar-refractivity contribution in [1.29, 1.82) is 0 Å². The standard InChI is InChI=1S/C14H21BrN4O/c1-3-16-14(17-4-2)18-10-9-13(20)19-12-7-5-11(15)6-8-12/h5-8H,3-4,9-10H2,1-2H3,(H,19,20)(H2,16,17,18). The number of hydrogen-bond donors (Lipinski definition) is 3. The van der Waals surface area contributed by atoms with Crippen molar-refractivity contribution in [3.63, 3.8) is 0 Å². The summed E-state index contributed by atoms with van der Waals surface area (Å²) in [5, 5.41) is 9.07. The molecule has 0 aromatic heterocycles. The van der Waals surface area contributed by atoms with Gasteiger partial charge in [0.05, 0.1) is 6.54 Å². The highest BCUT2D eigenvalue weighted by molar-refractivity contribution is 9.10. The van der Waals surface area contributed by atoms with Crippen LogP contribution >= 0.6 is 15.9 Å². The number of halogens is 1. The van der Waals surface area contributed by atoms with Gasteiger partial charge < -0.3 is 16.0 Å². The average molecular weight is 341 g/mol. The van der Waals surface area contributed by atoms with E-state index < -0.39 is 0 Å². The molecule has 1 aromatic rings. The molecule has 20 heavy (non-hydrogen) atoms. The highest BCUT2D eigenvalue weighted by Gasteiger charge is 2.02. The van der Waals surface area contributed by atoms with Gasteiger partial charge in [-0.25, -0.2) is 0 Å². The third-order valence-electron chi connectivity index (χ3n) is 2.43. The lowest BCUT2D eigenvalue weighted by atomic mass is 10.3. The molecule has 0 aliphatic heterocycles. The molecule has 1 rings (SSSR count). The maximum absolute atomic E-state index is 11.8.